The number of sulfonamides is 1. The highest BCUT2D eigenvalue weighted by Crippen LogP contribution is 2.17. The zero-order valence-corrected chi connectivity index (χ0v) is 10.1. The molecule has 1 amide bonds. The number of carbonyl (C=O) groups is 1. The van der Waals surface area contributed by atoms with Gasteiger partial charge in [-0.1, -0.05) is 6.92 Å². The lowest BCUT2D eigenvalue weighted by molar-refractivity contribution is -0.116. The van der Waals surface area contributed by atoms with Gasteiger partial charge < -0.3 is 5.32 Å². The summed E-state index contributed by atoms with van der Waals surface area (Å²) in [5.74, 6) is -1.08. The summed E-state index contributed by atoms with van der Waals surface area (Å²) in [5.41, 5.74) is 0.0764. The molecule has 0 aromatic heterocycles. The van der Waals surface area contributed by atoms with Gasteiger partial charge in [-0.2, -0.15) is 0 Å². The monoisotopic (exact) mass is 260 g/mol. The molecule has 0 saturated carbocycles. The van der Waals surface area contributed by atoms with Crippen LogP contribution in [0.3, 0.4) is 0 Å². The summed E-state index contributed by atoms with van der Waals surface area (Å²) in [6.07, 6.45) is 0.921. The third-order valence-electron chi connectivity index (χ3n) is 1.96. The maximum atomic E-state index is 13.1. The summed E-state index contributed by atoms with van der Waals surface area (Å²) in [4.78, 5) is 10.9. The first-order valence-corrected chi connectivity index (χ1v) is 6.51. The number of halogens is 1. The maximum absolute atomic E-state index is 13.1. The highest BCUT2D eigenvalue weighted by atomic mass is 32.2. The minimum Gasteiger partial charge on any atom is -0.326 e. The van der Waals surface area contributed by atoms with Crippen molar-refractivity contribution in [3.63, 3.8) is 0 Å². The van der Waals surface area contributed by atoms with E-state index in [-0.39, 0.29) is 22.9 Å². The second-order valence-corrected chi connectivity index (χ2v) is 5.08. The first kappa shape index (κ1) is 13.6. The number of hydrogen-bond donors (Lipinski definition) is 2. The van der Waals surface area contributed by atoms with Crippen molar-refractivity contribution >= 4 is 21.6 Å². The zero-order chi connectivity index (χ0) is 13.1. The van der Waals surface area contributed by atoms with E-state index in [0.717, 1.165) is 18.2 Å². The van der Waals surface area contributed by atoms with Crippen LogP contribution in [0.2, 0.25) is 0 Å². The molecular formula is C10H13FN2O3S. The Morgan fingerprint density at radius 3 is 2.59 bits per heavy atom. The van der Waals surface area contributed by atoms with Crippen molar-refractivity contribution in [2.75, 3.05) is 5.32 Å². The second kappa shape index (κ2) is 5.24. The fourth-order valence-corrected chi connectivity index (χ4v) is 1.82. The Morgan fingerprint density at radius 2 is 2.06 bits per heavy atom. The Morgan fingerprint density at radius 1 is 1.41 bits per heavy atom. The average Bonchev–Trinajstić information content (AvgIpc) is 2.15. The molecule has 0 fully saturated rings. The number of amides is 1. The SMILES string of the molecule is CCCC(=O)Nc1cc(F)cc(S(N)(=O)=O)c1. The Labute approximate surface area is 98.9 Å². The number of nitrogens with one attached hydrogen (secondary N) is 1. The summed E-state index contributed by atoms with van der Waals surface area (Å²) >= 11 is 0. The number of carbonyl (C=O) groups excluding carboxylic acids is 1. The van der Waals surface area contributed by atoms with E-state index in [2.05, 4.69) is 5.32 Å². The first-order chi connectivity index (χ1) is 7.82. The zero-order valence-electron chi connectivity index (χ0n) is 9.23. The topological polar surface area (TPSA) is 89.3 Å². The summed E-state index contributed by atoms with van der Waals surface area (Å²) in [6.45, 7) is 1.82. The van der Waals surface area contributed by atoms with E-state index in [9.17, 15) is 17.6 Å². The standard InChI is InChI=1S/C10H13FN2O3S/c1-2-3-10(14)13-8-4-7(11)5-9(6-8)17(12,15)16/h4-6H,2-3H2,1H3,(H,13,14)(H2,12,15,16). The van der Waals surface area contributed by atoms with Gasteiger partial charge in [0.25, 0.3) is 0 Å². The van der Waals surface area contributed by atoms with Crippen molar-refractivity contribution in [1.29, 1.82) is 0 Å². The van der Waals surface area contributed by atoms with Gasteiger partial charge in [0, 0.05) is 12.1 Å². The molecule has 0 radical (unpaired) electrons. The van der Waals surface area contributed by atoms with Crippen LogP contribution in [0.5, 0.6) is 0 Å². The molecule has 0 heterocycles. The van der Waals surface area contributed by atoms with E-state index >= 15 is 0 Å². The van der Waals surface area contributed by atoms with Crippen LogP contribution in [-0.2, 0) is 14.8 Å². The Balaban J connectivity index is 3.02. The number of hydrogen-bond acceptors (Lipinski definition) is 3. The van der Waals surface area contributed by atoms with Crippen molar-refractivity contribution in [2.45, 2.75) is 24.7 Å². The lowest BCUT2D eigenvalue weighted by atomic mass is 10.2. The molecule has 7 heteroatoms. The van der Waals surface area contributed by atoms with E-state index < -0.39 is 15.8 Å². The lowest BCUT2D eigenvalue weighted by Gasteiger charge is -2.06. The number of benzene rings is 1. The van der Waals surface area contributed by atoms with E-state index in [1.807, 2.05) is 6.92 Å². The Kier molecular flexibility index (Phi) is 4.19. The minimum absolute atomic E-state index is 0.0764. The van der Waals surface area contributed by atoms with Crippen LogP contribution < -0.4 is 10.5 Å². The van der Waals surface area contributed by atoms with Gasteiger partial charge in [-0.05, 0) is 24.6 Å². The molecule has 0 aliphatic rings. The van der Waals surface area contributed by atoms with Crippen LogP contribution in [0.25, 0.3) is 0 Å². The van der Waals surface area contributed by atoms with Crippen LogP contribution in [0.15, 0.2) is 23.1 Å². The summed E-state index contributed by atoms with van der Waals surface area (Å²) in [7, 11) is -3.99. The van der Waals surface area contributed by atoms with Gasteiger partial charge in [-0.15, -0.1) is 0 Å². The third kappa shape index (κ3) is 4.12. The van der Waals surface area contributed by atoms with Crippen LogP contribution in [0.4, 0.5) is 10.1 Å². The largest absolute Gasteiger partial charge is 0.326 e. The highest BCUT2D eigenvalue weighted by Gasteiger charge is 2.12. The van der Waals surface area contributed by atoms with Crippen molar-refractivity contribution in [3.05, 3.63) is 24.0 Å². The highest BCUT2D eigenvalue weighted by molar-refractivity contribution is 7.89. The number of anilines is 1. The van der Waals surface area contributed by atoms with E-state index in [0.29, 0.717) is 6.42 Å². The average molecular weight is 260 g/mol. The molecule has 0 atom stereocenters. The third-order valence-corrected chi connectivity index (χ3v) is 2.85. The van der Waals surface area contributed by atoms with Crippen LogP contribution in [0.1, 0.15) is 19.8 Å². The number of primary sulfonamides is 1. The molecule has 1 rings (SSSR count). The van der Waals surface area contributed by atoms with E-state index in [4.69, 9.17) is 5.14 Å². The molecule has 0 unspecified atom stereocenters. The fourth-order valence-electron chi connectivity index (χ4n) is 1.25. The molecule has 0 saturated heterocycles. The molecule has 94 valence electrons. The minimum atomic E-state index is -3.99. The Hall–Kier alpha value is -1.47. The molecule has 0 aliphatic carbocycles. The molecular weight excluding hydrogens is 247 g/mol. The fraction of sp³-hybridized carbons (Fsp3) is 0.300. The maximum Gasteiger partial charge on any atom is 0.238 e. The predicted molar refractivity (Wildman–Crippen MR) is 61.3 cm³/mol. The van der Waals surface area contributed by atoms with E-state index in [1.54, 1.807) is 0 Å². The second-order valence-electron chi connectivity index (χ2n) is 3.52. The van der Waals surface area contributed by atoms with Gasteiger partial charge in [0.1, 0.15) is 5.82 Å². The van der Waals surface area contributed by atoms with Crippen molar-refractivity contribution in [3.8, 4) is 0 Å². The summed E-state index contributed by atoms with van der Waals surface area (Å²) in [5, 5.41) is 7.27. The molecule has 5 nitrogen and oxygen atoms in total. The number of rotatable bonds is 4. The van der Waals surface area contributed by atoms with Crippen molar-refractivity contribution in [1.82, 2.24) is 0 Å². The predicted octanol–water partition coefficient (Wildman–Crippen LogP) is 1.21. The van der Waals surface area contributed by atoms with Crippen molar-refractivity contribution in [2.24, 2.45) is 5.14 Å². The van der Waals surface area contributed by atoms with E-state index in [1.165, 1.54) is 0 Å². The van der Waals surface area contributed by atoms with Crippen LogP contribution in [0, 0.1) is 5.82 Å². The lowest BCUT2D eigenvalue weighted by Crippen LogP contribution is -2.15. The molecule has 3 N–H and O–H groups in total. The van der Waals surface area contributed by atoms with Crippen LogP contribution in [-0.4, -0.2) is 14.3 Å². The van der Waals surface area contributed by atoms with Gasteiger partial charge in [0.2, 0.25) is 15.9 Å². The van der Waals surface area contributed by atoms with Gasteiger partial charge in [-0.3, -0.25) is 4.79 Å². The number of nitrogens with two attached hydrogens (primary N) is 1. The van der Waals surface area contributed by atoms with Gasteiger partial charge >= 0.3 is 0 Å². The molecule has 0 bridgehead atoms. The molecule has 0 spiro atoms. The van der Waals surface area contributed by atoms with Crippen LogP contribution >= 0.6 is 0 Å². The smallest absolute Gasteiger partial charge is 0.238 e. The summed E-state index contributed by atoms with van der Waals surface area (Å²) < 4.78 is 35.2. The molecule has 1 aromatic rings. The Bertz CT molecular complexity index is 528. The normalized spacial score (nSPS) is 11.2. The molecule has 17 heavy (non-hydrogen) atoms. The molecule has 1 aromatic carbocycles. The van der Waals surface area contributed by atoms with Gasteiger partial charge in [0.15, 0.2) is 0 Å². The quantitative estimate of drug-likeness (QED) is 0.852. The van der Waals surface area contributed by atoms with Crippen molar-refractivity contribution < 1.29 is 17.6 Å². The van der Waals surface area contributed by atoms with Gasteiger partial charge in [0.05, 0.1) is 4.90 Å². The summed E-state index contributed by atoms with van der Waals surface area (Å²) in [6, 6.07) is 2.94. The van der Waals surface area contributed by atoms with Gasteiger partial charge in [-0.25, -0.2) is 17.9 Å². The molecule has 0 aliphatic heterocycles. The first-order valence-electron chi connectivity index (χ1n) is 4.96.